The molecule has 1 atom stereocenters. The summed E-state index contributed by atoms with van der Waals surface area (Å²) >= 11 is 6.27. The van der Waals surface area contributed by atoms with Gasteiger partial charge < -0.3 is 5.32 Å². The van der Waals surface area contributed by atoms with Crippen molar-refractivity contribution in [3.8, 4) is 0 Å². The molecule has 1 aromatic carbocycles. The molecule has 0 saturated heterocycles. The van der Waals surface area contributed by atoms with Gasteiger partial charge in [-0.3, -0.25) is 4.79 Å². The van der Waals surface area contributed by atoms with E-state index in [0.717, 1.165) is 17.8 Å². The van der Waals surface area contributed by atoms with E-state index < -0.39 is 10.0 Å². The van der Waals surface area contributed by atoms with Crippen LogP contribution in [0.3, 0.4) is 0 Å². The van der Waals surface area contributed by atoms with Crippen LogP contribution in [0.1, 0.15) is 69.7 Å². The van der Waals surface area contributed by atoms with Crippen molar-refractivity contribution in [2.75, 3.05) is 0 Å². The highest BCUT2D eigenvalue weighted by Crippen LogP contribution is 2.61. The molecule has 0 radical (unpaired) electrons. The number of carbonyl (C=O) groups excluding carboxylic acids is 1. The molecule has 29 heavy (non-hydrogen) atoms. The number of amides is 1. The van der Waals surface area contributed by atoms with E-state index in [1.807, 2.05) is 0 Å². The topological polar surface area (TPSA) is 75.3 Å². The average Bonchev–Trinajstić information content (AvgIpc) is 2.59. The minimum atomic E-state index is -3.69. The lowest BCUT2D eigenvalue weighted by Gasteiger charge is -2.59. The van der Waals surface area contributed by atoms with Gasteiger partial charge in [-0.15, -0.1) is 0 Å². The monoisotopic (exact) mass is 438 g/mol. The van der Waals surface area contributed by atoms with Gasteiger partial charge in [-0.1, -0.05) is 11.6 Å². The van der Waals surface area contributed by atoms with Crippen LogP contribution in [0.25, 0.3) is 0 Å². The summed E-state index contributed by atoms with van der Waals surface area (Å²) in [5, 5.41) is 3.44. The summed E-state index contributed by atoms with van der Waals surface area (Å²) in [7, 11) is -3.69. The first-order chi connectivity index (χ1) is 13.6. The molecular formula is C22H31ClN2O3S. The molecule has 160 valence electrons. The smallest absolute Gasteiger partial charge is 0.253 e. The van der Waals surface area contributed by atoms with E-state index in [9.17, 15) is 13.2 Å². The zero-order valence-corrected chi connectivity index (χ0v) is 18.9. The van der Waals surface area contributed by atoms with Gasteiger partial charge in [0.25, 0.3) is 5.91 Å². The Labute approximate surface area is 179 Å². The maximum absolute atomic E-state index is 13.1. The fourth-order valence-corrected chi connectivity index (χ4v) is 7.84. The van der Waals surface area contributed by atoms with Crippen LogP contribution in [-0.4, -0.2) is 26.4 Å². The molecule has 1 aromatic rings. The van der Waals surface area contributed by atoms with Crippen molar-refractivity contribution < 1.29 is 13.2 Å². The van der Waals surface area contributed by atoms with E-state index in [1.54, 1.807) is 13.8 Å². The summed E-state index contributed by atoms with van der Waals surface area (Å²) in [4.78, 5) is 13.1. The molecule has 1 amide bonds. The molecule has 0 aliphatic heterocycles. The van der Waals surface area contributed by atoms with E-state index in [1.165, 1.54) is 56.7 Å². The Morgan fingerprint density at radius 2 is 1.62 bits per heavy atom. The number of hydrogen-bond donors (Lipinski definition) is 2. The van der Waals surface area contributed by atoms with Gasteiger partial charge >= 0.3 is 0 Å². The molecule has 4 aliphatic carbocycles. The molecule has 7 heteroatoms. The normalized spacial score (nSPS) is 31.8. The SMILES string of the molecule is CC(C)NS(=O)(=O)c1ccc(Cl)c(C(=O)N[C@@H](C)C23CC4CC(CC(C4)C2)C3)c1. The summed E-state index contributed by atoms with van der Waals surface area (Å²) in [6.45, 7) is 5.63. The van der Waals surface area contributed by atoms with Crippen molar-refractivity contribution in [3.63, 3.8) is 0 Å². The molecule has 0 spiro atoms. The predicted molar refractivity (Wildman–Crippen MR) is 114 cm³/mol. The van der Waals surface area contributed by atoms with Gasteiger partial charge in [-0.25, -0.2) is 13.1 Å². The molecule has 4 fully saturated rings. The first-order valence-electron chi connectivity index (χ1n) is 10.7. The largest absolute Gasteiger partial charge is 0.349 e. The highest BCUT2D eigenvalue weighted by atomic mass is 35.5. The number of carbonyl (C=O) groups is 1. The van der Waals surface area contributed by atoms with Gasteiger partial charge in [-0.05, 0) is 101 Å². The van der Waals surface area contributed by atoms with Crippen molar-refractivity contribution >= 4 is 27.5 Å². The Bertz CT molecular complexity index is 877. The van der Waals surface area contributed by atoms with Crippen LogP contribution in [-0.2, 0) is 10.0 Å². The third kappa shape index (κ3) is 4.08. The first-order valence-corrected chi connectivity index (χ1v) is 12.6. The van der Waals surface area contributed by atoms with E-state index in [-0.39, 0.29) is 38.9 Å². The van der Waals surface area contributed by atoms with Crippen molar-refractivity contribution in [3.05, 3.63) is 28.8 Å². The lowest BCUT2D eigenvalue weighted by atomic mass is 9.48. The Hall–Kier alpha value is -1.11. The Balaban J connectivity index is 1.53. The summed E-state index contributed by atoms with van der Waals surface area (Å²) in [6.07, 6.45) is 7.65. The standard InChI is InChI=1S/C22H31ClN2O3S/c1-13(2)25-29(27,28)18-4-5-20(23)19(9-18)21(26)24-14(3)22-10-15-6-16(11-22)8-17(7-15)12-22/h4-5,9,13-17,25H,6-8,10-12H2,1-3H3,(H,24,26)/t14-,15?,16?,17?,22?/m0/s1. The Morgan fingerprint density at radius 1 is 1.07 bits per heavy atom. The van der Waals surface area contributed by atoms with Gasteiger partial charge in [0.05, 0.1) is 15.5 Å². The quantitative estimate of drug-likeness (QED) is 0.692. The lowest BCUT2D eigenvalue weighted by Crippen LogP contribution is -2.55. The van der Waals surface area contributed by atoms with E-state index >= 15 is 0 Å². The molecule has 4 aliphatic rings. The van der Waals surface area contributed by atoms with Crippen LogP contribution in [0, 0.1) is 23.2 Å². The molecule has 4 saturated carbocycles. The third-order valence-electron chi connectivity index (χ3n) is 7.24. The molecule has 0 aromatic heterocycles. The van der Waals surface area contributed by atoms with E-state index in [0.29, 0.717) is 0 Å². The zero-order valence-electron chi connectivity index (χ0n) is 17.4. The number of rotatable bonds is 6. The van der Waals surface area contributed by atoms with Gasteiger partial charge in [0, 0.05) is 12.1 Å². The molecular weight excluding hydrogens is 408 g/mol. The van der Waals surface area contributed by atoms with Crippen LogP contribution in [0.2, 0.25) is 5.02 Å². The second-order valence-electron chi connectivity index (χ2n) is 9.89. The van der Waals surface area contributed by atoms with Crippen molar-refractivity contribution in [2.24, 2.45) is 23.2 Å². The van der Waals surface area contributed by atoms with Crippen LogP contribution in [0.15, 0.2) is 23.1 Å². The van der Waals surface area contributed by atoms with Gasteiger partial charge in [0.2, 0.25) is 10.0 Å². The fourth-order valence-electron chi connectivity index (χ4n) is 6.36. The lowest BCUT2D eigenvalue weighted by molar-refractivity contribution is -0.0688. The minimum absolute atomic E-state index is 0.0496. The Kier molecular flexibility index (Phi) is 5.50. The second-order valence-corrected chi connectivity index (χ2v) is 12.0. The average molecular weight is 439 g/mol. The van der Waals surface area contributed by atoms with Crippen LogP contribution in [0.4, 0.5) is 0 Å². The molecule has 5 rings (SSSR count). The summed E-state index contributed by atoms with van der Waals surface area (Å²) in [5.74, 6) is 2.12. The molecule has 0 heterocycles. The number of halogens is 1. The second kappa shape index (κ2) is 7.54. The van der Waals surface area contributed by atoms with Gasteiger partial charge in [-0.2, -0.15) is 0 Å². The zero-order chi connectivity index (χ0) is 21.0. The highest BCUT2D eigenvalue weighted by molar-refractivity contribution is 7.89. The van der Waals surface area contributed by atoms with E-state index in [4.69, 9.17) is 11.6 Å². The van der Waals surface area contributed by atoms with Gasteiger partial charge in [0.15, 0.2) is 0 Å². The molecule has 5 nitrogen and oxygen atoms in total. The summed E-state index contributed by atoms with van der Waals surface area (Å²) < 4.78 is 27.5. The number of benzene rings is 1. The maximum Gasteiger partial charge on any atom is 0.253 e. The highest BCUT2D eigenvalue weighted by Gasteiger charge is 2.53. The van der Waals surface area contributed by atoms with Crippen molar-refractivity contribution in [1.82, 2.24) is 10.0 Å². The van der Waals surface area contributed by atoms with Gasteiger partial charge in [0.1, 0.15) is 0 Å². The summed E-state index contributed by atoms with van der Waals surface area (Å²) in [5.41, 5.74) is 0.398. The molecule has 0 unspecified atom stereocenters. The maximum atomic E-state index is 13.1. The van der Waals surface area contributed by atoms with E-state index in [2.05, 4.69) is 17.0 Å². The number of sulfonamides is 1. The molecule has 4 bridgehead atoms. The first kappa shape index (κ1) is 21.1. The van der Waals surface area contributed by atoms with Crippen LogP contribution >= 0.6 is 11.6 Å². The van der Waals surface area contributed by atoms with Crippen molar-refractivity contribution in [2.45, 2.75) is 76.3 Å². The number of hydrogen-bond acceptors (Lipinski definition) is 3. The minimum Gasteiger partial charge on any atom is -0.349 e. The third-order valence-corrected chi connectivity index (χ3v) is 9.22. The Morgan fingerprint density at radius 3 is 2.14 bits per heavy atom. The van der Waals surface area contributed by atoms with Crippen LogP contribution < -0.4 is 10.0 Å². The summed E-state index contributed by atoms with van der Waals surface area (Å²) in [6, 6.07) is 4.12. The molecule has 2 N–H and O–H groups in total. The van der Waals surface area contributed by atoms with Crippen molar-refractivity contribution in [1.29, 1.82) is 0 Å². The van der Waals surface area contributed by atoms with Crippen LogP contribution in [0.5, 0.6) is 0 Å². The fraction of sp³-hybridized carbons (Fsp3) is 0.682. The number of nitrogens with one attached hydrogen (secondary N) is 2. The predicted octanol–water partition coefficient (Wildman–Crippen LogP) is 4.36.